The minimum Gasteiger partial charge on any atom is -0.504 e. The Bertz CT molecular complexity index is 1870. The highest BCUT2D eigenvalue weighted by molar-refractivity contribution is 8.01. The fourth-order valence-electron chi connectivity index (χ4n) is 4.52. The van der Waals surface area contributed by atoms with E-state index in [0.717, 1.165) is 28.4 Å². The van der Waals surface area contributed by atoms with E-state index < -0.39 is 58.5 Å². The number of carboxylic acids is 2. The maximum absolute atomic E-state index is 13.5. The lowest BCUT2D eigenvalue weighted by atomic mass is 10.0. The van der Waals surface area contributed by atoms with Gasteiger partial charge in [0, 0.05) is 22.4 Å². The number of rotatable bonds is 11. The van der Waals surface area contributed by atoms with Crippen molar-refractivity contribution in [1.82, 2.24) is 20.2 Å². The number of nitrogens with zero attached hydrogens (tertiary/aromatic N) is 5. The summed E-state index contributed by atoms with van der Waals surface area (Å²) in [5, 5.41) is 46.4. The molecule has 1 saturated heterocycles. The fourth-order valence-corrected chi connectivity index (χ4v) is 7.55. The molecule has 2 aromatic heterocycles. The van der Waals surface area contributed by atoms with Gasteiger partial charge in [0.2, 0.25) is 17.7 Å². The van der Waals surface area contributed by atoms with Gasteiger partial charge < -0.3 is 47.8 Å². The molecule has 0 radical (unpaired) electrons. The monoisotopic (exact) mass is 704 g/mol. The standard InChI is InChI=1S/C26H25N9O9S3/c1-34-15(28)5-14(27)31-26(34)47-7-10-6-45-22-17(21(39)35(22)18(10)23(40)41)32-20(38)16(11-8-46-25(29)30-11)33-44-19(24(42)43)9-2-3-12(36)13(37)4-9/h2-5,8,17,19,22H,6-7H2,1H3,(H10,27,28,29,30,32,33,36,37,38,40,41,42,43)/p+1/t17?,19?,22-/m1/s1. The predicted octanol–water partition coefficient (Wildman–Crippen LogP) is -0.402. The zero-order valence-corrected chi connectivity index (χ0v) is 26.5. The van der Waals surface area contributed by atoms with E-state index in [9.17, 15) is 39.6 Å². The molecule has 21 heteroatoms. The smallest absolute Gasteiger partial charge is 0.352 e. The zero-order valence-electron chi connectivity index (χ0n) is 24.1. The van der Waals surface area contributed by atoms with E-state index in [4.69, 9.17) is 22.0 Å². The van der Waals surface area contributed by atoms with Crippen molar-refractivity contribution in [3.63, 3.8) is 0 Å². The van der Waals surface area contributed by atoms with Gasteiger partial charge in [-0.05, 0) is 29.5 Å². The lowest BCUT2D eigenvalue weighted by molar-refractivity contribution is -0.698. The molecule has 3 atom stereocenters. The van der Waals surface area contributed by atoms with Crippen molar-refractivity contribution >= 4 is 81.1 Å². The molecule has 0 aliphatic carbocycles. The van der Waals surface area contributed by atoms with E-state index in [1.807, 2.05) is 0 Å². The number of carbonyl (C=O) groups excluding carboxylic acids is 2. The molecule has 2 unspecified atom stereocenters. The Morgan fingerprint density at radius 2 is 1.94 bits per heavy atom. The predicted molar refractivity (Wildman–Crippen MR) is 169 cm³/mol. The van der Waals surface area contributed by atoms with E-state index in [2.05, 4.69) is 20.4 Å². The Kier molecular flexibility index (Phi) is 9.31. The molecule has 2 aliphatic heterocycles. The van der Waals surface area contributed by atoms with Crippen LogP contribution in [0.5, 0.6) is 11.5 Å². The molecule has 0 saturated carbocycles. The molecule has 5 rings (SSSR count). The second-order valence-corrected chi connectivity index (χ2v) is 12.9. The number of aliphatic carboxylic acids is 2. The van der Waals surface area contributed by atoms with Crippen LogP contribution in [0.1, 0.15) is 17.4 Å². The van der Waals surface area contributed by atoms with Crippen molar-refractivity contribution in [3.8, 4) is 11.5 Å². The van der Waals surface area contributed by atoms with Crippen LogP contribution in [0.25, 0.3) is 0 Å². The largest absolute Gasteiger partial charge is 0.504 e. The summed E-state index contributed by atoms with van der Waals surface area (Å²) < 4.78 is 1.59. The number of thiazole rings is 1. The first-order valence-corrected chi connectivity index (χ1v) is 16.1. The van der Waals surface area contributed by atoms with E-state index in [1.165, 1.54) is 41.0 Å². The van der Waals surface area contributed by atoms with E-state index in [-0.39, 0.29) is 39.4 Å². The second-order valence-electron chi connectivity index (χ2n) is 9.94. The van der Waals surface area contributed by atoms with Crippen LogP contribution in [-0.4, -0.2) is 87.7 Å². The van der Waals surface area contributed by atoms with Crippen LogP contribution in [0.4, 0.5) is 16.8 Å². The lowest BCUT2D eigenvalue weighted by Gasteiger charge is -2.49. The van der Waals surface area contributed by atoms with E-state index >= 15 is 0 Å². The number of nitrogens with one attached hydrogen (secondary N) is 1. The van der Waals surface area contributed by atoms with Gasteiger partial charge in [-0.3, -0.25) is 14.5 Å². The van der Waals surface area contributed by atoms with Crippen molar-refractivity contribution in [1.29, 1.82) is 0 Å². The van der Waals surface area contributed by atoms with E-state index in [0.29, 0.717) is 16.5 Å². The number of hydrogen-bond acceptors (Lipinski definition) is 16. The topological polar surface area (TPSA) is 294 Å². The third-order valence-corrected chi connectivity index (χ3v) is 9.99. The summed E-state index contributed by atoms with van der Waals surface area (Å²) in [5.74, 6) is -4.73. The van der Waals surface area contributed by atoms with Crippen LogP contribution in [-0.2, 0) is 31.1 Å². The number of fused-ring (bicyclic) bond motifs is 1. The summed E-state index contributed by atoms with van der Waals surface area (Å²) in [5.41, 5.74) is 17.0. The molecule has 3 aromatic rings. The molecular formula is C26H26N9O9S3+. The molecule has 2 amide bonds. The maximum atomic E-state index is 13.5. The van der Waals surface area contributed by atoms with Gasteiger partial charge in [-0.2, -0.15) is 0 Å². The summed E-state index contributed by atoms with van der Waals surface area (Å²) >= 11 is 3.38. The fraction of sp³-hybridized carbons (Fsp3) is 0.231. The summed E-state index contributed by atoms with van der Waals surface area (Å²) in [6.45, 7) is 0. The molecule has 0 spiro atoms. The number of aromatic nitrogens is 3. The first kappa shape index (κ1) is 33.1. The highest BCUT2D eigenvalue weighted by atomic mass is 32.2. The van der Waals surface area contributed by atoms with Crippen LogP contribution in [0.2, 0.25) is 0 Å². The van der Waals surface area contributed by atoms with Gasteiger partial charge in [-0.25, -0.2) is 19.1 Å². The third-order valence-electron chi connectivity index (χ3n) is 6.86. The number of anilines is 3. The quantitative estimate of drug-likeness (QED) is 0.0239. The van der Waals surface area contributed by atoms with Crippen molar-refractivity contribution in [2.75, 3.05) is 28.7 Å². The minimum absolute atomic E-state index is 0.0544. The number of amides is 2. The third kappa shape index (κ3) is 6.66. The van der Waals surface area contributed by atoms with Gasteiger partial charge in [-0.1, -0.05) is 16.2 Å². The average Bonchev–Trinajstić information content (AvgIpc) is 3.45. The molecule has 47 heavy (non-hydrogen) atoms. The van der Waals surface area contributed by atoms with Gasteiger partial charge in [0.25, 0.3) is 11.8 Å². The number of thioether (sulfide) groups is 2. The molecule has 11 N–H and O–H groups in total. The Balaban J connectivity index is 1.36. The average molecular weight is 705 g/mol. The molecular weight excluding hydrogens is 679 g/mol. The highest BCUT2D eigenvalue weighted by Crippen LogP contribution is 2.41. The first-order valence-electron chi connectivity index (χ1n) is 13.2. The van der Waals surface area contributed by atoms with Gasteiger partial charge in [0.05, 0.1) is 13.1 Å². The Hall–Kier alpha value is -5.28. The number of nitrogens with two attached hydrogens (primary N) is 3. The van der Waals surface area contributed by atoms with Gasteiger partial charge in [0.15, 0.2) is 22.3 Å². The van der Waals surface area contributed by atoms with Crippen molar-refractivity contribution in [2.45, 2.75) is 22.7 Å². The first-order chi connectivity index (χ1) is 22.3. The number of hydrogen-bond donors (Lipinski definition) is 8. The number of oxime groups is 1. The summed E-state index contributed by atoms with van der Waals surface area (Å²) in [7, 11) is 1.68. The number of phenols is 2. The Morgan fingerprint density at radius 1 is 1.19 bits per heavy atom. The molecule has 0 bridgehead atoms. The van der Waals surface area contributed by atoms with Crippen LogP contribution in [0.15, 0.2) is 51.2 Å². The SMILES string of the molecule is C[n+]1c(N)cc(N)nc1SCC1=C(C(=O)O)N2C(=O)C(NC(=O)/C(=N\OC(C(=O)O)c3ccc(O)c(O)c3)c3csc(N)n3)[C@H]2SC1. The number of nitrogen functional groups attached to an aromatic ring is 3. The Labute approximate surface area is 276 Å². The van der Waals surface area contributed by atoms with Crippen molar-refractivity contribution < 1.29 is 49.0 Å². The molecule has 18 nitrogen and oxygen atoms in total. The zero-order chi connectivity index (χ0) is 34.2. The number of β-lactam (4-membered cyclic amide) rings is 1. The molecule has 1 aromatic carbocycles. The highest BCUT2D eigenvalue weighted by Gasteiger charge is 2.54. The van der Waals surface area contributed by atoms with Crippen molar-refractivity contribution in [3.05, 3.63) is 52.2 Å². The molecule has 246 valence electrons. The van der Waals surface area contributed by atoms with Gasteiger partial charge in [-0.15, -0.1) is 23.1 Å². The minimum atomic E-state index is -1.82. The molecule has 2 aliphatic rings. The number of phenolic OH excluding ortho intramolecular Hbond substituents is 2. The normalized spacial score (nSPS) is 18.3. The number of carbonyl (C=O) groups is 4. The van der Waals surface area contributed by atoms with Crippen LogP contribution in [0.3, 0.4) is 0 Å². The van der Waals surface area contributed by atoms with Gasteiger partial charge >= 0.3 is 17.1 Å². The van der Waals surface area contributed by atoms with Crippen molar-refractivity contribution in [2.24, 2.45) is 12.2 Å². The van der Waals surface area contributed by atoms with Crippen LogP contribution >= 0.6 is 34.9 Å². The summed E-state index contributed by atoms with van der Waals surface area (Å²) in [6.07, 6.45) is -1.82. The number of benzene rings is 1. The number of aromatic hydroxyl groups is 2. The molecule has 4 heterocycles. The van der Waals surface area contributed by atoms with E-state index in [1.54, 1.807) is 11.6 Å². The Morgan fingerprint density at radius 3 is 2.57 bits per heavy atom. The second kappa shape index (κ2) is 13.2. The summed E-state index contributed by atoms with van der Waals surface area (Å²) in [4.78, 5) is 65.5. The molecule has 1 fully saturated rings. The lowest BCUT2D eigenvalue weighted by Crippen LogP contribution is -2.71. The maximum Gasteiger partial charge on any atom is 0.352 e. The summed E-state index contributed by atoms with van der Waals surface area (Å²) in [6, 6.07) is 3.49. The number of carboxylic acid groups (broad SMARTS) is 2. The van der Waals surface area contributed by atoms with Crippen LogP contribution < -0.4 is 27.1 Å². The van der Waals surface area contributed by atoms with Gasteiger partial charge in [0.1, 0.15) is 22.8 Å². The van der Waals surface area contributed by atoms with Crippen LogP contribution in [0, 0.1) is 0 Å².